The van der Waals surface area contributed by atoms with Gasteiger partial charge in [-0.05, 0) is 135 Å². The zero-order valence-corrected chi connectivity index (χ0v) is 48.2. The van der Waals surface area contributed by atoms with Crippen molar-refractivity contribution >= 4 is 53.8 Å². The van der Waals surface area contributed by atoms with Crippen molar-refractivity contribution in [1.82, 2.24) is 4.72 Å². The van der Waals surface area contributed by atoms with Gasteiger partial charge in [0, 0.05) is 57.8 Å². The zero-order chi connectivity index (χ0) is 61.5. The third-order valence-electron chi connectivity index (χ3n) is 9.77. The number of hydrogen-bond donors (Lipinski definition) is 2. The van der Waals surface area contributed by atoms with Crippen LogP contribution in [0.25, 0.3) is 33.0 Å². The molecule has 0 atom stereocenters. The Morgan fingerprint density at radius 2 is 0.904 bits per heavy atom. The minimum Gasteiger partial charge on any atom is -0.463 e. The number of azide groups is 2. The average Bonchev–Trinajstić information content (AvgIpc) is 3.54. The highest BCUT2D eigenvalue weighted by molar-refractivity contribution is 8.13. The molecule has 456 valence electrons. The molecule has 0 aromatic heterocycles. The Kier molecular flexibility index (Phi) is 35.8. The standard InChI is InChI=1S/C26H32F2N4O8S.C18H15ClF2O5S.C8H18N4O3/c1-3-39-26(33)19(2)16-20-17-23(27)25(24(28)18-20)40-21-4-6-22(7-5-21)41(34,35)31-9-11-37-13-15-38-14-12-36-10-8-30-32-29;1-3-25-18(22)11(2)8-12-9-15(20)17(16(21)10-12)26-13-4-6-14(7-5-13)27(19,23)24;9-1-3-13-5-7-15-8-6-14-4-2-11-12-10/h4-7,16-18,31H,3,8-15H2,1-2H3;4-10H,3H2,1-2H3;1-9H2/b19-16+;11-8+;. The number of ether oxygens (including phenoxy) is 10. The lowest BCUT2D eigenvalue weighted by Crippen LogP contribution is -2.27. The van der Waals surface area contributed by atoms with Crippen LogP contribution in [-0.2, 0) is 66.6 Å². The summed E-state index contributed by atoms with van der Waals surface area (Å²) in [5, 5.41) is 6.65. The Hall–Kier alpha value is -6.89. The molecule has 0 aliphatic carbocycles. The van der Waals surface area contributed by atoms with E-state index in [0.29, 0.717) is 79.2 Å². The molecule has 4 aromatic rings. The first-order chi connectivity index (χ1) is 39.7. The number of nitrogens with zero attached hydrogens (tertiary/aromatic N) is 6. The summed E-state index contributed by atoms with van der Waals surface area (Å²) in [6.45, 7) is 12.5. The Labute approximate surface area is 482 Å². The highest BCUT2D eigenvalue weighted by Gasteiger charge is 2.19. The number of halogens is 5. The molecule has 4 rings (SSSR count). The Morgan fingerprint density at radius 3 is 1.24 bits per heavy atom. The monoisotopic (exact) mass is 1230 g/mol. The number of carbonyl (C=O) groups is 2. The van der Waals surface area contributed by atoms with E-state index in [0.717, 1.165) is 36.4 Å². The number of nitrogens with one attached hydrogen (secondary N) is 1. The third-order valence-corrected chi connectivity index (χ3v) is 12.6. The minimum atomic E-state index is -3.91. The number of nitrogens with two attached hydrogens (primary N) is 1. The van der Waals surface area contributed by atoms with Gasteiger partial charge in [-0.15, -0.1) is 0 Å². The van der Waals surface area contributed by atoms with Crippen molar-refractivity contribution in [2.45, 2.75) is 37.5 Å². The van der Waals surface area contributed by atoms with Crippen molar-refractivity contribution in [3.05, 3.63) is 139 Å². The van der Waals surface area contributed by atoms with Gasteiger partial charge in [0.1, 0.15) is 11.5 Å². The van der Waals surface area contributed by atoms with Crippen LogP contribution in [0.1, 0.15) is 38.8 Å². The lowest BCUT2D eigenvalue weighted by atomic mass is 10.1. The Morgan fingerprint density at radius 1 is 0.566 bits per heavy atom. The van der Waals surface area contributed by atoms with Crippen LogP contribution in [-0.4, -0.2) is 147 Å². The van der Waals surface area contributed by atoms with E-state index in [1.54, 1.807) is 13.8 Å². The van der Waals surface area contributed by atoms with Crippen molar-refractivity contribution in [1.29, 1.82) is 0 Å². The second kappa shape index (κ2) is 41.2. The van der Waals surface area contributed by atoms with Crippen molar-refractivity contribution in [3.63, 3.8) is 0 Å². The molecule has 0 heterocycles. The number of benzene rings is 4. The molecule has 4 aromatic carbocycles. The maximum atomic E-state index is 14.6. The van der Waals surface area contributed by atoms with Gasteiger partial charge in [0.2, 0.25) is 10.0 Å². The fourth-order valence-electron chi connectivity index (χ4n) is 6.02. The molecule has 0 saturated heterocycles. The smallest absolute Gasteiger partial charge is 0.333 e. The number of carbonyl (C=O) groups excluding carboxylic acids is 2. The van der Waals surface area contributed by atoms with Crippen LogP contribution in [0.3, 0.4) is 0 Å². The minimum absolute atomic E-state index is 0.00989. The molecule has 0 spiro atoms. The van der Waals surface area contributed by atoms with Crippen molar-refractivity contribution in [3.8, 4) is 23.0 Å². The topological polar surface area (TPSA) is 330 Å². The van der Waals surface area contributed by atoms with E-state index in [-0.39, 0.29) is 83.1 Å². The summed E-state index contributed by atoms with van der Waals surface area (Å²) in [7, 11) is -2.58. The van der Waals surface area contributed by atoms with E-state index >= 15 is 0 Å². The Balaban J connectivity index is 0.000000478. The van der Waals surface area contributed by atoms with Crippen LogP contribution in [0.15, 0.2) is 104 Å². The quantitative estimate of drug-likeness (QED) is 0.00626. The van der Waals surface area contributed by atoms with Crippen LogP contribution >= 0.6 is 10.7 Å². The maximum Gasteiger partial charge on any atom is 0.333 e. The van der Waals surface area contributed by atoms with Gasteiger partial charge in [-0.2, -0.15) is 0 Å². The van der Waals surface area contributed by atoms with Crippen LogP contribution in [0.4, 0.5) is 17.6 Å². The number of esters is 2. The van der Waals surface area contributed by atoms with Gasteiger partial charge in [-0.1, -0.05) is 10.2 Å². The summed E-state index contributed by atoms with van der Waals surface area (Å²) in [6.07, 6.45) is 2.57. The van der Waals surface area contributed by atoms with E-state index in [1.165, 1.54) is 62.4 Å². The largest absolute Gasteiger partial charge is 0.463 e. The molecular weight excluding hydrogens is 1170 g/mol. The predicted octanol–water partition coefficient (Wildman–Crippen LogP) is 9.32. The first kappa shape index (κ1) is 72.2. The average molecular weight is 1230 g/mol. The molecule has 0 radical (unpaired) electrons. The molecule has 0 aliphatic heterocycles. The van der Waals surface area contributed by atoms with Gasteiger partial charge in [-0.3, -0.25) is 0 Å². The SMILES string of the molecule is CCOC(=O)/C(C)=C/c1cc(F)c(Oc2ccc(S(=O)(=O)Cl)cc2)c(F)c1.CCOC(=O)/C(C)=C/c1cc(F)c(Oc2ccc(S(=O)(=O)NCCOCCOCCOCCN=[N+]=[N-])cc2)c(F)c1.[N-]=[N+]=NCCOCCOCCOCCN. The first-order valence-corrected chi connectivity index (χ1v) is 28.9. The maximum absolute atomic E-state index is 14.6. The molecule has 31 heteroatoms. The number of rotatable bonds is 36. The highest BCUT2D eigenvalue weighted by Crippen LogP contribution is 2.32. The molecule has 83 heavy (non-hydrogen) atoms. The van der Waals surface area contributed by atoms with Crippen LogP contribution in [0.5, 0.6) is 23.0 Å². The number of hydrogen-bond acceptors (Lipinski definition) is 19. The molecule has 3 N–H and O–H groups in total. The van der Waals surface area contributed by atoms with E-state index in [2.05, 4.69) is 24.8 Å². The van der Waals surface area contributed by atoms with Gasteiger partial charge in [0.25, 0.3) is 9.05 Å². The van der Waals surface area contributed by atoms with Gasteiger partial charge in [-0.25, -0.2) is 48.7 Å². The van der Waals surface area contributed by atoms with E-state index < -0.39 is 65.8 Å². The Bertz CT molecular complexity index is 2980. The molecule has 0 fully saturated rings. The van der Waals surface area contributed by atoms with Crippen molar-refractivity contribution in [2.24, 2.45) is 16.0 Å². The zero-order valence-electron chi connectivity index (χ0n) is 45.8. The van der Waals surface area contributed by atoms with E-state index in [1.807, 2.05) is 0 Å². The molecule has 0 bridgehead atoms. The summed E-state index contributed by atoms with van der Waals surface area (Å²) < 4.78 is 159. The van der Waals surface area contributed by atoms with Crippen LogP contribution in [0, 0.1) is 23.3 Å². The first-order valence-electron chi connectivity index (χ1n) is 25.1. The van der Waals surface area contributed by atoms with Crippen molar-refractivity contribution in [2.75, 3.05) is 119 Å². The molecule has 0 amide bonds. The van der Waals surface area contributed by atoms with Crippen molar-refractivity contribution < 1.29 is 91.4 Å². The molecular formula is C52H65ClF4N8O16S2. The van der Waals surface area contributed by atoms with E-state index in [4.69, 9.17) is 74.8 Å². The van der Waals surface area contributed by atoms with Crippen LogP contribution < -0.4 is 19.9 Å². The van der Waals surface area contributed by atoms with Crippen LogP contribution in [0.2, 0.25) is 0 Å². The van der Waals surface area contributed by atoms with Gasteiger partial charge >= 0.3 is 11.9 Å². The molecule has 0 unspecified atom stereocenters. The van der Waals surface area contributed by atoms with Gasteiger partial charge in [0.05, 0.1) is 102 Å². The lowest BCUT2D eigenvalue weighted by Gasteiger charge is -2.11. The normalized spacial score (nSPS) is 11.4. The predicted molar refractivity (Wildman–Crippen MR) is 297 cm³/mol. The molecule has 0 aliphatic rings. The second-order valence-corrected chi connectivity index (χ2v) is 20.4. The van der Waals surface area contributed by atoms with E-state index in [9.17, 15) is 44.0 Å². The number of sulfonamides is 1. The fraction of sp³-hybridized carbons (Fsp3) is 0.423. The summed E-state index contributed by atoms with van der Waals surface area (Å²) in [5.74, 6) is -6.51. The summed E-state index contributed by atoms with van der Waals surface area (Å²) in [6, 6.07) is 13.7. The highest BCUT2D eigenvalue weighted by atomic mass is 35.7. The fourth-order valence-corrected chi connectivity index (χ4v) is 7.80. The van der Waals surface area contributed by atoms with Gasteiger partial charge < -0.3 is 53.1 Å². The summed E-state index contributed by atoms with van der Waals surface area (Å²) in [4.78, 5) is 28.2. The lowest BCUT2D eigenvalue weighted by molar-refractivity contribution is -0.139. The summed E-state index contributed by atoms with van der Waals surface area (Å²) >= 11 is 0. The summed E-state index contributed by atoms with van der Waals surface area (Å²) in [5.41, 5.74) is 21.9. The van der Waals surface area contributed by atoms with Gasteiger partial charge in [0.15, 0.2) is 34.8 Å². The third kappa shape index (κ3) is 30.3. The molecule has 0 saturated carbocycles. The second-order valence-electron chi connectivity index (χ2n) is 16.1. The molecule has 24 nitrogen and oxygen atoms in total.